The SMILES string of the molecule is O=C(c1ccc(Br)cc1)C1C2c3ccccc3C=CN2C(C(=O)c2ccc(Br)cc2)C12C(=O)Nc1ccccc12. The van der Waals surface area contributed by atoms with Crippen molar-refractivity contribution in [2.45, 2.75) is 17.5 Å². The molecule has 4 aromatic carbocycles. The molecule has 4 aromatic rings. The standard InChI is InChI=1S/C33H22Br2N2O3/c34-22-13-9-20(10-14-22)29(38)27-28-24-6-2-1-5-19(24)17-18-37(28)31(30(39)21-11-15-23(35)16-12-21)33(27)25-7-3-4-8-26(25)36-32(33)40/h1-18,27-28,31H,(H,36,40). The van der Waals surface area contributed by atoms with E-state index in [9.17, 15) is 14.4 Å². The Labute approximate surface area is 248 Å². The molecule has 1 N–H and O–H groups in total. The summed E-state index contributed by atoms with van der Waals surface area (Å²) in [4.78, 5) is 45.7. The van der Waals surface area contributed by atoms with Crippen LogP contribution in [0, 0.1) is 5.92 Å². The number of Topliss-reactive ketones (excluding diaryl/α,β-unsaturated/α-hetero) is 2. The highest BCUT2D eigenvalue weighted by molar-refractivity contribution is 9.10. The molecule has 7 rings (SSSR count). The molecule has 0 aromatic heterocycles. The van der Waals surface area contributed by atoms with E-state index in [2.05, 4.69) is 37.2 Å². The van der Waals surface area contributed by atoms with E-state index in [1.54, 1.807) is 24.3 Å². The van der Waals surface area contributed by atoms with Crippen molar-refractivity contribution >= 4 is 61.1 Å². The number of nitrogens with zero attached hydrogens (tertiary/aromatic N) is 1. The molecule has 196 valence electrons. The number of halogens is 2. The first-order valence-corrected chi connectivity index (χ1v) is 14.5. The third kappa shape index (κ3) is 3.54. The molecule has 1 spiro atoms. The van der Waals surface area contributed by atoms with Gasteiger partial charge in [-0.15, -0.1) is 0 Å². The van der Waals surface area contributed by atoms with E-state index < -0.39 is 23.4 Å². The topological polar surface area (TPSA) is 66.5 Å². The van der Waals surface area contributed by atoms with Crippen LogP contribution in [0.1, 0.15) is 43.4 Å². The van der Waals surface area contributed by atoms with Crippen molar-refractivity contribution in [1.82, 2.24) is 4.90 Å². The summed E-state index contributed by atoms with van der Waals surface area (Å²) < 4.78 is 1.70. The van der Waals surface area contributed by atoms with Gasteiger partial charge in [-0.05, 0) is 53.1 Å². The van der Waals surface area contributed by atoms with Gasteiger partial charge in [0.2, 0.25) is 5.91 Å². The third-order valence-corrected chi connectivity index (χ3v) is 9.44. The first kappa shape index (κ1) is 25.2. The van der Waals surface area contributed by atoms with Crippen LogP contribution in [0.2, 0.25) is 0 Å². The Morgan fingerprint density at radius 2 is 1.35 bits per heavy atom. The molecule has 4 atom stereocenters. The van der Waals surface area contributed by atoms with Crippen molar-refractivity contribution in [1.29, 1.82) is 0 Å². The minimum absolute atomic E-state index is 0.175. The molecular weight excluding hydrogens is 632 g/mol. The summed E-state index contributed by atoms with van der Waals surface area (Å²) in [5.74, 6) is -1.59. The van der Waals surface area contributed by atoms with E-state index in [4.69, 9.17) is 0 Å². The molecule has 40 heavy (non-hydrogen) atoms. The molecule has 1 saturated heterocycles. The summed E-state index contributed by atoms with van der Waals surface area (Å²) in [5, 5.41) is 3.05. The zero-order valence-corrected chi connectivity index (χ0v) is 24.2. The number of carbonyl (C=O) groups excluding carboxylic acids is 3. The van der Waals surface area contributed by atoms with Crippen LogP contribution in [0.15, 0.2) is 112 Å². The van der Waals surface area contributed by atoms with Crippen LogP contribution in [0.5, 0.6) is 0 Å². The van der Waals surface area contributed by atoms with Crippen LogP contribution >= 0.6 is 31.9 Å². The molecule has 0 radical (unpaired) electrons. The number of hydrogen-bond donors (Lipinski definition) is 1. The molecule has 5 nitrogen and oxygen atoms in total. The summed E-state index contributed by atoms with van der Waals surface area (Å²) in [6, 6.07) is 28.2. The Kier molecular flexibility index (Phi) is 5.91. The Bertz CT molecular complexity index is 1730. The van der Waals surface area contributed by atoms with Crippen LogP contribution in [0.3, 0.4) is 0 Å². The largest absolute Gasteiger partial charge is 0.358 e. The monoisotopic (exact) mass is 652 g/mol. The fourth-order valence-corrected chi connectivity index (χ4v) is 7.27. The average molecular weight is 654 g/mol. The van der Waals surface area contributed by atoms with Crippen LogP contribution < -0.4 is 5.32 Å². The molecule has 1 amide bonds. The van der Waals surface area contributed by atoms with Crippen molar-refractivity contribution in [3.8, 4) is 0 Å². The molecule has 4 unspecified atom stereocenters. The lowest BCUT2D eigenvalue weighted by molar-refractivity contribution is -0.122. The van der Waals surface area contributed by atoms with Crippen molar-refractivity contribution in [3.05, 3.63) is 140 Å². The van der Waals surface area contributed by atoms with Crippen LogP contribution in [0.25, 0.3) is 6.08 Å². The highest BCUT2D eigenvalue weighted by Crippen LogP contribution is 2.61. The zero-order valence-electron chi connectivity index (χ0n) is 21.1. The minimum atomic E-state index is -1.46. The molecule has 1 fully saturated rings. The summed E-state index contributed by atoms with van der Waals surface area (Å²) in [6.45, 7) is 0. The lowest BCUT2D eigenvalue weighted by Gasteiger charge is -2.35. The second kappa shape index (κ2) is 9.39. The summed E-state index contributed by atoms with van der Waals surface area (Å²) in [6.07, 6.45) is 3.85. The van der Waals surface area contributed by atoms with Gasteiger partial charge in [0.25, 0.3) is 0 Å². The van der Waals surface area contributed by atoms with Crippen LogP contribution in [0.4, 0.5) is 5.69 Å². The van der Waals surface area contributed by atoms with Gasteiger partial charge in [-0.2, -0.15) is 0 Å². The van der Waals surface area contributed by atoms with E-state index in [0.717, 1.165) is 20.1 Å². The van der Waals surface area contributed by atoms with Crippen LogP contribution in [-0.4, -0.2) is 28.4 Å². The minimum Gasteiger partial charge on any atom is -0.358 e. The van der Waals surface area contributed by atoms with Gasteiger partial charge >= 0.3 is 0 Å². The quantitative estimate of drug-likeness (QED) is 0.237. The molecule has 0 aliphatic carbocycles. The molecule has 3 heterocycles. The summed E-state index contributed by atoms with van der Waals surface area (Å²) >= 11 is 6.92. The number of amides is 1. The van der Waals surface area contributed by atoms with Crippen molar-refractivity contribution < 1.29 is 14.4 Å². The summed E-state index contributed by atoms with van der Waals surface area (Å²) in [7, 11) is 0. The van der Waals surface area contributed by atoms with Gasteiger partial charge in [0.05, 0.1) is 12.0 Å². The van der Waals surface area contributed by atoms with E-state index >= 15 is 0 Å². The smallest absolute Gasteiger partial charge is 0.238 e. The van der Waals surface area contributed by atoms with Gasteiger partial charge < -0.3 is 10.2 Å². The van der Waals surface area contributed by atoms with Gasteiger partial charge in [-0.3, -0.25) is 14.4 Å². The molecule has 0 bridgehead atoms. The molecule has 3 aliphatic heterocycles. The second-order valence-corrected chi connectivity index (χ2v) is 12.2. The summed E-state index contributed by atoms with van der Waals surface area (Å²) in [5.41, 5.74) is 2.70. The van der Waals surface area contributed by atoms with Gasteiger partial charge in [0, 0.05) is 32.0 Å². The Hall–Kier alpha value is -3.81. The lowest BCUT2D eigenvalue weighted by atomic mass is 9.63. The first-order valence-electron chi connectivity index (χ1n) is 13.0. The number of carbonyl (C=O) groups is 3. The maximum absolute atomic E-state index is 14.7. The molecule has 3 aliphatic rings. The number of para-hydroxylation sites is 1. The zero-order chi connectivity index (χ0) is 27.6. The predicted molar refractivity (Wildman–Crippen MR) is 161 cm³/mol. The van der Waals surface area contributed by atoms with E-state index in [-0.39, 0.29) is 17.5 Å². The first-order chi connectivity index (χ1) is 19.4. The van der Waals surface area contributed by atoms with Gasteiger partial charge in [0.1, 0.15) is 11.5 Å². The number of rotatable bonds is 4. The highest BCUT2D eigenvalue weighted by atomic mass is 79.9. The number of hydrogen-bond acceptors (Lipinski definition) is 4. The maximum atomic E-state index is 14.7. The van der Waals surface area contributed by atoms with Crippen LogP contribution in [-0.2, 0) is 10.2 Å². The number of fused-ring (bicyclic) bond motifs is 5. The Balaban J connectivity index is 1.53. The average Bonchev–Trinajstić information content (AvgIpc) is 3.45. The molecule has 0 saturated carbocycles. The van der Waals surface area contributed by atoms with Crippen molar-refractivity contribution in [3.63, 3.8) is 0 Å². The van der Waals surface area contributed by atoms with Crippen molar-refractivity contribution in [2.75, 3.05) is 5.32 Å². The highest BCUT2D eigenvalue weighted by Gasteiger charge is 2.71. The predicted octanol–water partition coefficient (Wildman–Crippen LogP) is 7.19. The van der Waals surface area contributed by atoms with E-state index in [0.29, 0.717) is 22.4 Å². The fraction of sp³-hybridized carbons (Fsp3) is 0.121. The molecular formula is C33H22Br2N2O3. The Morgan fingerprint density at radius 3 is 2.05 bits per heavy atom. The maximum Gasteiger partial charge on any atom is 0.238 e. The van der Waals surface area contributed by atoms with E-state index in [1.807, 2.05) is 90.0 Å². The van der Waals surface area contributed by atoms with Gasteiger partial charge in [-0.25, -0.2) is 0 Å². The normalized spacial score (nSPS) is 23.9. The van der Waals surface area contributed by atoms with E-state index in [1.165, 1.54) is 0 Å². The van der Waals surface area contributed by atoms with Gasteiger partial charge in [0.15, 0.2) is 11.6 Å². The number of ketones is 2. The van der Waals surface area contributed by atoms with Crippen molar-refractivity contribution in [2.24, 2.45) is 5.92 Å². The lowest BCUT2D eigenvalue weighted by Crippen LogP contribution is -2.54. The fourth-order valence-electron chi connectivity index (χ4n) is 6.74. The second-order valence-electron chi connectivity index (χ2n) is 10.3. The third-order valence-electron chi connectivity index (χ3n) is 8.38. The number of benzene rings is 4. The number of anilines is 1. The number of nitrogens with one attached hydrogen (secondary N) is 1. The van der Waals surface area contributed by atoms with Gasteiger partial charge in [-0.1, -0.05) is 98.6 Å². The molecule has 7 heteroatoms. The Morgan fingerprint density at radius 1 is 0.750 bits per heavy atom.